The molecule has 0 spiro atoms. The van der Waals surface area contributed by atoms with E-state index in [0.29, 0.717) is 6.42 Å². The molecule has 0 aromatic rings. The van der Waals surface area contributed by atoms with Crippen molar-refractivity contribution in [1.29, 1.82) is 0 Å². The summed E-state index contributed by atoms with van der Waals surface area (Å²) in [6, 6.07) is 0. The molecule has 0 heterocycles. The summed E-state index contributed by atoms with van der Waals surface area (Å²) in [4.78, 5) is 10.7. The van der Waals surface area contributed by atoms with Crippen LogP contribution in [0.4, 0.5) is 0 Å². The van der Waals surface area contributed by atoms with Gasteiger partial charge in [-0.1, -0.05) is 19.8 Å². The predicted octanol–water partition coefficient (Wildman–Crippen LogP) is 1.43. The minimum Gasteiger partial charge on any atom is -0.435 e. The Morgan fingerprint density at radius 3 is 2.33 bits per heavy atom. The molecule has 90 valence electrons. The molecule has 0 aliphatic rings. The van der Waals surface area contributed by atoms with E-state index in [-0.39, 0.29) is 0 Å². The van der Waals surface area contributed by atoms with E-state index >= 15 is 0 Å². The molecule has 15 heavy (non-hydrogen) atoms. The van der Waals surface area contributed by atoms with Crippen LogP contribution in [0.2, 0.25) is 0 Å². The summed E-state index contributed by atoms with van der Waals surface area (Å²) in [6.45, 7) is 3.25. The molecule has 0 aromatic carbocycles. The van der Waals surface area contributed by atoms with Crippen LogP contribution in [-0.2, 0) is 23.8 Å². The monoisotopic (exact) mass is 238 g/mol. The Kier molecular flexibility index (Phi) is 6.51. The van der Waals surface area contributed by atoms with E-state index in [0.717, 1.165) is 25.5 Å². The fraction of sp³-hybridized carbons (Fsp3) is 0.889. The molecule has 0 N–H and O–H groups in total. The maximum Gasteiger partial charge on any atom is 0.304 e. The molecular formula is C9H18O5S. The second kappa shape index (κ2) is 6.79. The zero-order chi connectivity index (χ0) is 11.9. The van der Waals surface area contributed by atoms with Crippen LogP contribution >= 0.6 is 0 Å². The minimum atomic E-state index is -3.58. The highest BCUT2D eigenvalue weighted by atomic mass is 32.2. The highest BCUT2D eigenvalue weighted by Crippen LogP contribution is 2.10. The zero-order valence-corrected chi connectivity index (χ0v) is 10.2. The van der Waals surface area contributed by atoms with Crippen molar-refractivity contribution in [3.8, 4) is 0 Å². The number of esters is 1. The molecule has 6 heteroatoms. The van der Waals surface area contributed by atoms with Crippen LogP contribution in [0.25, 0.3) is 0 Å². The van der Waals surface area contributed by atoms with Gasteiger partial charge < -0.3 is 4.74 Å². The van der Waals surface area contributed by atoms with Crippen molar-refractivity contribution < 1.29 is 22.1 Å². The van der Waals surface area contributed by atoms with Crippen molar-refractivity contribution >= 4 is 16.1 Å². The summed E-state index contributed by atoms with van der Waals surface area (Å²) in [5.41, 5.74) is 0. The minimum absolute atomic E-state index is 0.403. The number of hydrogen-bond acceptors (Lipinski definition) is 5. The average molecular weight is 238 g/mol. The van der Waals surface area contributed by atoms with E-state index in [4.69, 9.17) is 4.74 Å². The Morgan fingerprint density at radius 1 is 1.33 bits per heavy atom. The van der Waals surface area contributed by atoms with Crippen molar-refractivity contribution in [1.82, 2.24) is 0 Å². The van der Waals surface area contributed by atoms with Gasteiger partial charge in [0.25, 0.3) is 10.1 Å². The standard InChI is InChI=1S/C9H18O5S/c1-4-5-6-7-9(13-8(2)10)14-15(3,11)12/h9H,4-7H2,1-3H3. The fourth-order valence-electron chi connectivity index (χ4n) is 1.07. The van der Waals surface area contributed by atoms with Crippen molar-refractivity contribution in [2.75, 3.05) is 6.26 Å². The number of unbranched alkanes of at least 4 members (excludes halogenated alkanes) is 2. The first-order valence-corrected chi connectivity index (χ1v) is 6.72. The van der Waals surface area contributed by atoms with E-state index in [1.54, 1.807) is 0 Å². The topological polar surface area (TPSA) is 69.7 Å². The van der Waals surface area contributed by atoms with Crippen molar-refractivity contribution in [3.63, 3.8) is 0 Å². The molecule has 0 saturated heterocycles. The lowest BCUT2D eigenvalue weighted by Gasteiger charge is -2.15. The van der Waals surface area contributed by atoms with Crippen LogP contribution in [0.1, 0.15) is 39.5 Å². The highest BCUT2D eigenvalue weighted by molar-refractivity contribution is 7.86. The van der Waals surface area contributed by atoms with E-state index in [9.17, 15) is 13.2 Å². The van der Waals surface area contributed by atoms with Gasteiger partial charge in [-0.3, -0.25) is 4.79 Å². The summed E-state index contributed by atoms with van der Waals surface area (Å²) in [5, 5.41) is 0. The van der Waals surface area contributed by atoms with Gasteiger partial charge in [-0.25, -0.2) is 4.18 Å². The van der Waals surface area contributed by atoms with Crippen LogP contribution in [0.5, 0.6) is 0 Å². The Bertz CT molecular complexity index is 283. The molecule has 0 saturated carbocycles. The van der Waals surface area contributed by atoms with Crippen LogP contribution in [-0.4, -0.2) is 26.9 Å². The lowest BCUT2D eigenvalue weighted by atomic mass is 10.2. The zero-order valence-electron chi connectivity index (χ0n) is 9.36. The normalized spacial score (nSPS) is 13.5. The van der Waals surface area contributed by atoms with Gasteiger partial charge in [0.1, 0.15) is 0 Å². The van der Waals surface area contributed by atoms with Gasteiger partial charge in [0, 0.05) is 13.3 Å². The van der Waals surface area contributed by atoms with E-state index < -0.39 is 22.4 Å². The molecule has 0 radical (unpaired) electrons. The van der Waals surface area contributed by atoms with E-state index in [1.165, 1.54) is 6.92 Å². The molecule has 0 aromatic heterocycles. The second-order valence-corrected chi connectivity index (χ2v) is 4.94. The third-order valence-electron chi connectivity index (χ3n) is 1.62. The number of carbonyl (C=O) groups is 1. The molecule has 0 rings (SSSR count). The van der Waals surface area contributed by atoms with Gasteiger partial charge in [0.2, 0.25) is 6.29 Å². The quantitative estimate of drug-likeness (QED) is 0.290. The number of rotatable bonds is 7. The Labute approximate surface area is 90.9 Å². The first kappa shape index (κ1) is 14.4. The largest absolute Gasteiger partial charge is 0.435 e. The maximum atomic E-state index is 10.8. The van der Waals surface area contributed by atoms with Gasteiger partial charge in [-0.2, -0.15) is 8.42 Å². The summed E-state index contributed by atoms with van der Waals surface area (Å²) in [7, 11) is -3.58. The third-order valence-corrected chi connectivity index (χ3v) is 2.19. The highest BCUT2D eigenvalue weighted by Gasteiger charge is 2.17. The second-order valence-electron chi connectivity index (χ2n) is 3.34. The summed E-state index contributed by atoms with van der Waals surface area (Å²) < 4.78 is 31.0. The van der Waals surface area contributed by atoms with Gasteiger partial charge in [0.15, 0.2) is 0 Å². The smallest absolute Gasteiger partial charge is 0.304 e. The molecular weight excluding hydrogens is 220 g/mol. The molecule has 1 unspecified atom stereocenters. The lowest BCUT2D eigenvalue weighted by molar-refractivity contribution is -0.161. The summed E-state index contributed by atoms with van der Waals surface area (Å²) in [5.74, 6) is -0.542. The first-order chi connectivity index (χ1) is 6.85. The van der Waals surface area contributed by atoms with Gasteiger partial charge in [0.05, 0.1) is 6.26 Å². The predicted molar refractivity (Wildman–Crippen MR) is 55.6 cm³/mol. The van der Waals surface area contributed by atoms with Crippen LogP contribution in [0.15, 0.2) is 0 Å². The van der Waals surface area contributed by atoms with Gasteiger partial charge in [-0.15, -0.1) is 0 Å². The van der Waals surface area contributed by atoms with Gasteiger partial charge >= 0.3 is 5.97 Å². The molecule has 0 amide bonds. The number of hydrogen-bond donors (Lipinski definition) is 0. The van der Waals surface area contributed by atoms with E-state index in [1.807, 2.05) is 6.92 Å². The number of ether oxygens (including phenoxy) is 1. The van der Waals surface area contributed by atoms with Crippen LogP contribution in [0.3, 0.4) is 0 Å². The summed E-state index contributed by atoms with van der Waals surface area (Å²) in [6.07, 6.45) is 3.08. The SMILES string of the molecule is CCCCCC(OC(C)=O)OS(C)(=O)=O. The van der Waals surface area contributed by atoms with Crippen molar-refractivity contribution in [2.24, 2.45) is 0 Å². The first-order valence-electron chi connectivity index (χ1n) is 4.90. The molecule has 0 aliphatic heterocycles. The van der Waals surface area contributed by atoms with Crippen molar-refractivity contribution in [2.45, 2.75) is 45.8 Å². The number of carbonyl (C=O) groups excluding carboxylic acids is 1. The van der Waals surface area contributed by atoms with Crippen LogP contribution in [0, 0.1) is 0 Å². The molecule has 0 aliphatic carbocycles. The average Bonchev–Trinajstić information content (AvgIpc) is 2.00. The fourth-order valence-corrected chi connectivity index (χ4v) is 1.59. The van der Waals surface area contributed by atoms with Crippen LogP contribution < -0.4 is 0 Å². The maximum absolute atomic E-state index is 10.8. The Balaban J connectivity index is 4.12. The molecule has 5 nitrogen and oxygen atoms in total. The molecule has 1 atom stereocenters. The van der Waals surface area contributed by atoms with E-state index in [2.05, 4.69) is 4.18 Å². The Hall–Kier alpha value is -0.620. The molecule has 0 bridgehead atoms. The van der Waals surface area contributed by atoms with Gasteiger partial charge in [-0.05, 0) is 6.42 Å². The summed E-state index contributed by atoms with van der Waals surface area (Å²) >= 11 is 0. The molecule has 0 fully saturated rings. The third kappa shape index (κ3) is 9.68. The lowest BCUT2D eigenvalue weighted by Crippen LogP contribution is -2.23. The van der Waals surface area contributed by atoms with Crippen molar-refractivity contribution in [3.05, 3.63) is 0 Å². The Morgan fingerprint density at radius 2 is 1.93 bits per heavy atom.